The van der Waals surface area contributed by atoms with Gasteiger partial charge in [-0.05, 0) is 0 Å². The van der Waals surface area contributed by atoms with Crippen molar-refractivity contribution in [3.8, 4) is 0 Å². The van der Waals surface area contributed by atoms with Gasteiger partial charge < -0.3 is 0 Å². The van der Waals surface area contributed by atoms with Gasteiger partial charge in [-0.2, -0.15) is 0 Å². The standard InChI is InChI=1S/30FH.2K.5Ti.2H/h30*1H;;;;;;;;;/q;;;;;;;;;;;;;;;;;;;;;;;;;;;;;;;;5*+6;;/p-30. The Labute approximate surface area is 275 Å². The van der Waals surface area contributed by atoms with E-state index >= 15 is 0 Å². The zero-order valence-corrected chi connectivity index (χ0v) is 21.6. The average molecular weight is 889 g/mol. The van der Waals surface area contributed by atoms with Gasteiger partial charge in [0.15, 0.2) is 0 Å². The second-order valence-electron chi connectivity index (χ2n) is 5.36. The molecule has 0 radical (unpaired) electrons. The van der Waals surface area contributed by atoms with Gasteiger partial charge in [0.1, 0.15) is 0 Å². The molecule has 0 nitrogen and oxygen atoms in total. The zero-order chi connectivity index (χ0) is 32.0. The zero-order valence-electron chi connectivity index (χ0n) is 13.8. The minimum atomic E-state index is -11.2. The Hall–Kier alpha value is 4.74. The van der Waals surface area contributed by atoms with Gasteiger partial charge >= 0.3 is 282 Å². The van der Waals surface area contributed by atoms with Gasteiger partial charge in [-0.25, -0.2) is 0 Å². The molecule has 0 aromatic heterocycles. The molecule has 0 aliphatic rings. The molecule has 0 N–H and O–H groups in total. The van der Waals surface area contributed by atoms with E-state index < -0.39 is 86.2 Å². The summed E-state index contributed by atoms with van der Waals surface area (Å²) in [6, 6.07) is 0. The van der Waals surface area contributed by atoms with Crippen molar-refractivity contribution in [1.29, 1.82) is 0 Å². The van der Waals surface area contributed by atoms with Crippen molar-refractivity contribution >= 4 is 103 Å². The summed E-state index contributed by atoms with van der Waals surface area (Å²) in [4.78, 5) is 0. The Bertz CT molecular complexity index is 499. The molecule has 0 aromatic rings. The van der Waals surface area contributed by atoms with Crippen molar-refractivity contribution in [2.24, 2.45) is 0 Å². The maximum atomic E-state index is 9.92. The van der Waals surface area contributed by atoms with Crippen LogP contribution in [0.5, 0.6) is 0 Å². The molecule has 0 amide bonds. The molecule has 234 valence electrons. The van der Waals surface area contributed by atoms with Crippen LogP contribution >= 0.6 is 0 Å². The van der Waals surface area contributed by atoms with Gasteiger partial charge in [0.05, 0.1) is 0 Å². The van der Waals surface area contributed by atoms with Gasteiger partial charge in [-0.3, -0.25) is 0 Å². The van der Waals surface area contributed by atoms with E-state index in [4.69, 9.17) is 0 Å². The normalized spacial score (nSPS) is 21.9. The van der Waals surface area contributed by atoms with Crippen molar-refractivity contribution in [3.63, 3.8) is 0 Å². The molecule has 0 aliphatic heterocycles. The molecule has 0 fully saturated rings. The minimum absolute atomic E-state index is 0. The molecule has 0 saturated carbocycles. The molecule has 0 aliphatic carbocycles. The van der Waals surface area contributed by atoms with Crippen molar-refractivity contribution in [3.05, 3.63) is 0 Å². The van der Waals surface area contributed by atoms with Crippen LogP contribution in [0.25, 0.3) is 0 Å². The SMILES string of the molecule is [F][Ti]([F])([F])([F])([F])[F].[F][Ti]([F])([F])([F])([F])[F].[F][Ti]([F])([F])([F])([F])[F].[F][Ti]([F])([F])([F])([F])[F].[F][Ti]([F])([F])([F])([F])[F].[KH].[KH]. The predicted molar refractivity (Wildman–Crippen MR) is 47.5 cm³/mol. The van der Waals surface area contributed by atoms with Crippen molar-refractivity contribution in [2.45, 2.75) is 0 Å². The summed E-state index contributed by atoms with van der Waals surface area (Å²) in [5, 5.41) is 0. The van der Waals surface area contributed by atoms with Gasteiger partial charge in [0, 0.05) is 0 Å². The number of halogens is 30. The molecular weight excluding hydrogens is 887 g/mol. The van der Waals surface area contributed by atoms with E-state index in [2.05, 4.69) is 0 Å². The van der Waals surface area contributed by atoms with E-state index in [-0.39, 0.29) is 103 Å². The second kappa shape index (κ2) is 10.1. The molecule has 0 spiro atoms. The van der Waals surface area contributed by atoms with Gasteiger partial charge in [-0.1, -0.05) is 0 Å². The molecule has 0 saturated heterocycles. The Morgan fingerprint density at radius 2 is 0.135 bits per heavy atom. The molecule has 0 heterocycles. The Morgan fingerprint density at radius 1 is 0.135 bits per heavy atom. The van der Waals surface area contributed by atoms with Crippen LogP contribution in [0.3, 0.4) is 0 Å². The summed E-state index contributed by atoms with van der Waals surface area (Å²) in [6.45, 7) is 0. The molecule has 0 atom stereocenters. The summed E-state index contributed by atoms with van der Waals surface area (Å²) in [5.41, 5.74) is 0. The van der Waals surface area contributed by atoms with Crippen LogP contribution < -0.4 is 0 Å². The first-order valence-electron chi connectivity index (χ1n) is 5.67. The average Bonchev–Trinajstić information content (AvgIpc) is 1.56. The van der Waals surface area contributed by atoms with Gasteiger partial charge in [0.2, 0.25) is 0 Å². The van der Waals surface area contributed by atoms with Crippen LogP contribution in [0, 0.1) is 0 Å². The van der Waals surface area contributed by atoms with E-state index in [1.54, 1.807) is 0 Å². The number of hydrogen-bond acceptors (Lipinski definition) is 0. The van der Waals surface area contributed by atoms with E-state index in [1.807, 2.05) is 0 Å². The Morgan fingerprint density at radius 3 is 0.135 bits per heavy atom. The fourth-order valence-electron chi connectivity index (χ4n) is 0. The van der Waals surface area contributed by atoms with E-state index in [1.165, 1.54) is 0 Å². The molecule has 0 rings (SSSR count). The third-order valence-electron chi connectivity index (χ3n) is 0. The fraction of sp³-hybridized carbons (Fsp3) is 0. The van der Waals surface area contributed by atoms with E-state index in [0.717, 1.165) is 0 Å². The van der Waals surface area contributed by atoms with Crippen LogP contribution in [-0.2, 0) is 86.2 Å². The van der Waals surface area contributed by atoms with E-state index in [9.17, 15) is 92.8 Å². The van der Waals surface area contributed by atoms with Crippen LogP contribution in [0.2, 0.25) is 0 Å². The molecule has 0 aromatic carbocycles. The molecule has 0 bridgehead atoms. The predicted octanol–water partition coefficient (Wildman–Crippen LogP) is 11.3. The van der Waals surface area contributed by atoms with Crippen LogP contribution in [0.15, 0.2) is 0 Å². The maximum absolute atomic E-state index is 11.2. The quantitative estimate of drug-likeness (QED) is 0.168. The van der Waals surface area contributed by atoms with Crippen molar-refractivity contribution in [1.82, 2.24) is 0 Å². The summed E-state index contributed by atoms with van der Waals surface area (Å²) in [5.74, 6) is 0. The topological polar surface area (TPSA) is 0 Å². The van der Waals surface area contributed by atoms with E-state index in [0.29, 0.717) is 0 Å². The molecule has 0 unspecified atom stereocenters. The number of hydrogen-bond donors (Lipinski definition) is 0. The Balaban J connectivity index is -0.0000000600. The third-order valence-corrected chi connectivity index (χ3v) is 0. The molecule has 37 heavy (non-hydrogen) atoms. The van der Waals surface area contributed by atoms with Crippen LogP contribution in [-0.4, -0.2) is 103 Å². The summed E-state index contributed by atoms with van der Waals surface area (Å²) >= 11 is -55.8. The summed E-state index contributed by atoms with van der Waals surface area (Å²) in [7, 11) is 0. The molecule has 37 heteroatoms. The van der Waals surface area contributed by atoms with Crippen molar-refractivity contribution < 1.29 is 179 Å². The summed E-state index contributed by atoms with van der Waals surface area (Å²) in [6.07, 6.45) is 0. The first-order valence-corrected chi connectivity index (χ1v) is 23.4. The first kappa shape index (κ1) is 57.4. The van der Waals surface area contributed by atoms with Gasteiger partial charge in [0.25, 0.3) is 0 Å². The monoisotopic (exact) mass is 890 g/mol. The Kier molecular flexibility index (Phi) is 15.7. The van der Waals surface area contributed by atoms with Crippen LogP contribution in [0.1, 0.15) is 0 Å². The second-order valence-corrected chi connectivity index (χ2v) is 22.1. The van der Waals surface area contributed by atoms with Gasteiger partial charge in [-0.15, -0.1) is 0 Å². The van der Waals surface area contributed by atoms with Crippen LogP contribution in [0.4, 0.5) is 92.8 Å². The van der Waals surface area contributed by atoms with Crippen molar-refractivity contribution in [2.75, 3.05) is 0 Å². The fourth-order valence-corrected chi connectivity index (χ4v) is 0. The third kappa shape index (κ3) is 2720. The first-order chi connectivity index (χ1) is 12.2. The molecular formula is H2F30K2Ti5. The summed E-state index contributed by atoms with van der Waals surface area (Å²) < 4.78 is 298. The number of rotatable bonds is 0.